The zero-order valence-corrected chi connectivity index (χ0v) is 16.3. The molecule has 6 nitrogen and oxygen atoms in total. The third-order valence-electron chi connectivity index (χ3n) is 3.51. The van der Waals surface area contributed by atoms with Crippen LogP contribution in [0.5, 0.6) is 5.75 Å². The highest BCUT2D eigenvalue weighted by Crippen LogP contribution is 2.18. The Morgan fingerprint density at radius 3 is 2.73 bits per heavy atom. The standard InChI is InChI=1S/C18H16BrN3O3S/c1-12-4-2-3-5-15(12)24-11-17-21-22(18(26)25-17)10-16(23)20-14-8-6-13(19)7-9-14/h2-9H,10-11H2,1H3,(H,20,23). The fourth-order valence-corrected chi connectivity index (χ4v) is 2.70. The Kier molecular flexibility index (Phi) is 5.85. The van der Waals surface area contributed by atoms with Gasteiger partial charge in [-0.25, -0.2) is 4.68 Å². The van der Waals surface area contributed by atoms with Crippen molar-refractivity contribution in [3.05, 3.63) is 69.3 Å². The molecule has 0 saturated heterocycles. The molecule has 1 heterocycles. The van der Waals surface area contributed by atoms with Crippen molar-refractivity contribution in [1.29, 1.82) is 0 Å². The minimum Gasteiger partial charge on any atom is -0.484 e. The third kappa shape index (κ3) is 4.80. The Hall–Kier alpha value is -2.45. The van der Waals surface area contributed by atoms with E-state index in [1.54, 1.807) is 12.1 Å². The van der Waals surface area contributed by atoms with Crippen molar-refractivity contribution in [3.63, 3.8) is 0 Å². The van der Waals surface area contributed by atoms with E-state index in [0.717, 1.165) is 15.8 Å². The van der Waals surface area contributed by atoms with E-state index in [9.17, 15) is 4.79 Å². The zero-order valence-electron chi connectivity index (χ0n) is 13.9. The molecule has 134 valence electrons. The molecule has 0 aliphatic heterocycles. The van der Waals surface area contributed by atoms with E-state index >= 15 is 0 Å². The number of hydrogen-bond acceptors (Lipinski definition) is 5. The van der Waals surface area contributed by atoms with E-state index in [2.05, 4.69) is 26.3 Å². The molecule has 0 atom stereocenters. The van der Waals surface area contributed by atoms with Crippen molar-refractivity contribution in [2.75, 3.05) is 5.32 Å². The number of halogens is 1. The smallest absolute Gasteiger partial charge is 0.287 e. The molecular weight excluding hydrogens is 418 g/mol. The van der Waals surface area contributed by atoms with Gasteiger partial charge in [-0.05, 0) is 55.0 Å². The molecular formula is C18H16BrN3O3S. The average molecular weight is 434 g/mol. The number of hydrogen-bond donors (Lipinski definition) is 1. The highest BCUT2D eigenvalue weighted by atomic mass is 79.9. The van der Waals surface area contributed by atoms with Crippen molar-refractivity contribution in [2.45, 2.75) is 20.1 Å². The molecule has 0 aliphatic carbocycles. The molecule has 1 amide bonds. The molecule has 0 bridgehead atoms. The van der Waals surface area contributed by atoms with Crippen LogP contribution in [0.2, 0.25) is 0 Å². The minimum atomic E-state index is -0.247. The molecule has 0 radical (unpaired) electrons. The molecule has 3 rings (SSSR count). The van der Waals surface area contributed by atoms with Crippen LogP contribution in [0.25, 0.3) is 0 Å². The summed E-state index contributed by atoms with van der Waals surface area (Å²) < 4.78 is 13.4. The number of nitrogens with zero attached hydrogens (tertiary/aromatic N) is 2. The first-order chi connectivity index (χ1) is 12.5. The Labute approximate surface area is 163 Å². The predicted octanol–water partition coefficient (Wildman–Crippen LogP) is 4.49. The van der Waals surface area contributed by atoms with Gasteiger partial charge in [-0.2, -0.15) is 0 Å². The minimum absolute atomic E-state index is 0.0389. The van der Waals surface area contributed by atoms with Gasteiger partial charge in [0.25, 0.3) is 10.7 Å². The first kappa shape index (κ1) is 18.3. The summed E-state index contributed by atoms with van der Waals surface area (Å²) in [4.78, 5) is 12.3. The molecule has 1 aromatic heterocycles. The van der Waals surface area contributed by atoms with Crippen molar-refractivity contribution in [1.82, 2.24) is 9.78 Å². The average Bonchev–Trinajstić information content (AvgIpc) is 2.96. The van der Waals surface area contributed by atoms with Crippen LogP contribution in [0.15, 0.2) is 57.4 Å². The zero-order chi connectivity index (χ0) is 18.5. The van der Waals surface area contributed by atoms with Gasteiger partial charge < -0.3 is 14.5 Å². The SMILES string of the molecule is Cc1ccccc1OCc1nn(CC(=O)Nc2ccc(Br)cc2)c(=S)o1. The Morgan fingerprint density at radius 2 is 2.00 bits per heavy atom. The van der Waals surface area contributed by atoms with Crippen LogP contribution in [-0.2, 0) is 17.9 Å². The second kappa shape index (κ2) is 8.29. The molecule has 2 aromatic carbocycles. The molecule has 0 unspecified atom stereocenters. The molecule has 3 aromatic rings. The van der Waals surface area contributed by atoms with Crippen LogP contribution in [0.1, 0.15) is 11.5 Å². The second-order valence-electron chi connectivity index (χ2n) is 5.53. The number of carbonyl (C=O) groups is 1. The monoisotopic (exact) mass is 433 g/mol. The van der Waals surface area contributed by atoms with Gasteiger partial charge in [0, 0.05) is 10.2 Å². The lowest BCUT2D eigenvalue weighted by Crippen LogP contribution is -2.19. The molecule has 26 heavy (non-hydrogen) atoms. The summed E-state index contributed by atoms with van der Waals surface area (Å²) in [6.45, 7) is 2.05. The van der Waals surface area contributed by atoms with Gasteiger partial charge in [0.15, 0.2) is 6.61 Å². The summed E-state index contributed by atoms with van der Waals surface area (Å²) in [5, 5.41) is 6.98. The van der Waals surface area contributed by atoms with E-state index in [4.69, 9.17) is 21.4 Å². The van der Waals surface area contributed by atoms with Crippen LogP contribution in [-0.4, -0.2) is 15.7 Å². The summed E-state index contributed by atoms with van der Waals surface area (Å²) in [5.41, 5.74) is 1.70. The summed E-state index contributed by atoms with van der Waals surface area (Å²) in [6, 6.07) is 14.9. The first-order valence-electron chi connectivity index (χ1n) is 7.82. The predicted molar refractivity (Wildman–Crippen MR) is 104 cm³/mol. The van der Waals surface area contributed by atoms with Gasteiger partial charge in [-0.1, -0.05) is 34.1 Å². The van der Waals surface area contributed by atoms with Crippen LogP contribution >= 0.6 is 28.1 Å². The summed E-state index contributed by atoms with van der Waals surface area (Å²) in [5.74, 6) is 0.814. The molecule has 0 saturated carbocycles. The lowest BCUT2D eigenvalue weighted by molar-refractivity contribution is -0.117. The molecule has 0 aliphatic rings. The van der Waals surface area contributed by atoms with Gasteiger partial charge in [-0.15, -0.1) is 5.10 Å². The highest BCUT2D eigenvalue weighted by molar-refractivity contribution is 9.10. The maximum Gasteiger partial charge on any atom is 0.287 e. The Bertz CT molecular complexity index is 966. The number of ether oxygens (including phenoxy) is 1. The van der Waals surface area contributed by atoms with Crippen molar-refractivity contribution in [2.24, 2.45) is 0 Å². The summed E-state index contributed by atoms with van der Waals surface area (Å²) in [7, 11) is 0. The topological polar surface area (TPSA) is 69.3 Å². The van der Waals surface area contributed by atoms with Gasteiger partial charge in [-0.3, -0.25) is 4.79 Å². The van der Waals surface area contributed by atoms with Gasteiger partial charge in [0.05, 0.1) is 0 Å². The number of aryl methyl sites for hydroxylation is 1. The molecule has 0 spiro atoms. The maximum atomic E-state index is 12.1. The van der Waals surface area contributed by atoms with Crippen LogP contribution in [0, 0.1) is 11.8 Å². The largest absolute Gasteiger partial charge is 0.484 e. The van der Waals surface area contributed by atoms with E-state index in [1.807, 2.05) is 43.3 Å². The summed E-state index contributed by atoms with van der Waals surface area (Å²) >= 11 is 8.47. The van der Waals surface area contributed by atoms with Crippen molar-refractivity contribution >= 4 is 39.7 Å². The van der Waals surface area contributed by atoms with Crippen LogP contribution in [0.3, 0.4) is 0 Å². The quantitative estimate of drug-likeness (QED) is 0.579. The summed E-state index contributed by atoms with van der Waals surface area (Å²) in [6.07, 6.45) is 0. The number of nitrogens with one attached hydrogen (secondary N) is 1. The number of aromatic nitrogens is 2. The Balaban J connectivity index is 1.61. The van der Waals surface area contributed by atoms with Gasteiger partial charge in [0.1, 0.15) is 12.3 Å². The van der Waals surface area contributed by atoms with E-state index in [1.165, 1.54) is 4.68 Å². The number of carbonyl (C=O) groups excluding carboxylic acids is 1. The fraction of sp³-hybridized carbons (Fsp3) is 0.167. The fourth-order valence-electron chi connectivity index (χ4n) is 2.24. The normalized spacial score (nSPS) is 10.5. The molecule has 8 heteroatoms. The van der Waals surface area contributed by atoms with Crippen LogP contribution < -0.4 is 10.1 Å². The van der Waals surface area contributed by atoms with Crippen molar-refractivity contribution in [3.8, 4) is 5.75 Å². The highest BCUT2D eigenvalue weighted by Gasteiger charge is 2.11. The second-order valence-corrected chi connectivity index (χ2v) is 6.79. The molecule has 0 fully saturated rings. The molecule has 1 N–H and O–H groups in total. The first-order valence-corrected chi connectivity index (χ1v) is 9.02. The number of rotatable bonds is 6. The van der Waals surface area contributed by atoms with E-state index in [0.29, 0.717) is 11.6 Å². The third-order valence-corrected chi connectivity index (χ3v) is 4.34. The number of benzene rings is 2. The number of para-hydroxylation sites is 1. The van der Waals surface area contributed by atoms with Crippen molar-refractivity contribution < 1.29 is 13.9 Å². The lowest BCUT2D eigenvalue weighted by atomic mass is 10.2. The number of anilines is 1. The van der Waals surface area contributed by atoms with Crippen LogP contribution in [0.4, 0.5) is 5.69 Å². The number of amides is 1. The van der Waals surface area contributed by atoms with E-state index < -0.39 is 0 Å². The van der Waals surface area contributed by atoms with E-state index in [-0.39, 0.29) is 23.9 Å². The van der Waals surface area contributed by atoms with Gasteiger partial charge >= 0.3 is 0 Å². The lowest BCUT2D eigenvalue weighted by Gasteiger charge is -2.06. The van der Waals surface area contributed by atoms with Gasteiger partial charge in [0.2, 0.25) is 5.91 Å². The maximum absolute atomic E-state index is 12.1. The Morgan fingerprint density at radius 1 is 1.27 bits per heavy atom.